The van der Waals surface area contributed by atoms with Gasteiger partial charge in [-0.05, 0) is 92.7 Å². The van der Waals surface area contributed by atoms with Crippen LogP contribution in [-0.2, 0) is 11.2 Å². The van der Waals surface area contributed by atoms with Crippen molar-refractivity contribution in [3.8, 4) is 0 Å². The number of carbonyl (C=O) groups excluding carboxylic acids is 1. The molecule has 3 heteroatoms. The smallest absolute Gasteiger partial charge is 0.220 e. The second-order valence-corrected chi connectivity index (χ2v) is 8.62. The number of hydrogen-bond donors (Lipinski definition) is 1. The van der Waals surface area contributed by atoms with Crippen LogP contribution in [0.2, 0.25) is 0 Å². The summed E-state index contributed by atoms with van der Waals surface area (Å²) in [5, 5.41) is 3.24. The van der Waals surface area contributed by atoms with E-state index in [4.69, 9.17) is 0 Å². The topological polar surface area (TPSA) is 42.0 Å². The fraction of sp³-hybridized carbons (Fsp3) is 0.700. The Morgan fingerprint density at radius 3 is 2.30 bits per heavy atom. The van der Waals surface area contributed by atoms with Crippen molar-refractivity contribution >= 4 is 5.91 Å². The Morgan fingerprint density at radius 1 is 1.17 bits per heavy atom. The zero-order chi connectivity index (χ0) is 15.9. The Labute approximate surface area is 139 Å². The Kier molecular flexibility index (Phi) is 3.90. The molecule has 0 aliphatic heterocycles. The van der Waals surface area contributed by atoms with E-state index < -0.39 is 0 Å². The molecule has 4 bridgehead atoms. The summed E-state index contributed by atoms with van der Waals surface area (Å²) < 4.78 is 0. The monoisotopic (exact) mass is 312 g/mol. The molecular formula is C20H28N2O. The molecule has 3 nitrogen and oxygen atoms in total. The summed E-state index contributed by atoms with van der Waals surface area (Å²) in [6.45, 7) is 2.11. The van der Waals surface area contributed by atoms with Gasteiger partial charge in [0, 0.05) is 24.9 Å². The fourth-order valence-corrected chi connectivity index (χ4v) is 6.10. The lowest BCUT2D eigenvalue weighted by Gasteiger charge is -2.56. The van der Waals surface area contributed by atoms with Crippen molar-refractivity contribution in [3.05, 3.63) is 30.1 Å². The van der Waals surface area contributed by atoms with Crippen LogP contribution in [0.4, 0.5) is 0 Å². The van der Waals surface area contributed by atoms with Gasteiger partial charge in [0.05, 0.1) is 0 Å². The van der Waals surface area contributed by atoms with E-state index in [1.54, 1.807) is 0 Å². The molecule has 1 aromatic heterocycles. The van der Waals surface area contributed by atoms with E-state index >= 15 is 0 Å². The minimum Gasteiger partial charge on any atom is -0.353 e. The Morgan fingerprint density at radius 2 is 1.74 bits per heavy atom. The zero-order valence-corrected chi connectivity index (χ0v) is 14.1. The van der Waals surface area contributed by atoms with E-state index in [1.807, 2.05) is 24.5 Å². The first-order valence-corrected chi connectivity index (χ1v) is 9.28. The van der Waals surface area contributed by atoms with Crippen LogP contribution in [0.25, 0.3) is 0 Å². The summed E-state index contributed by atoms with van der Waals surface area (Å²) in [6, 6.07) is 4.25. The summed E-state index contributed by atoms with van der Waals surface area (Å²) in [5.41, 5.74) is 1.58. The molecule has 0 spiro atoms. The molecular weight excluding hydrogens is 284 g/mol. The van der Waals surface area contributed by atoms with Gasteiger partial charge in [-0.15, -0.1) is 0 Å². The molecule has 1 amide bonds. The molecule has 0 unspecified atom stereocenters. The molecule has 4 saturated carbocycles. The normalized spacial score (nSPS) is 36.0. The van der Waals surface area contributed by atoms with Gasteiger partial charge in [-0.25, -0.2) is 0 Å². The third-order valence-corrected chi connectivity index (χ3v) is 6.40. The van der Waals surface area contributed by atoms with Crippen molar-refractivity contribution in [1.29, 1.82) is 0 Å². The highest BCUT2D eigenvalue weighted by atomic mass is 16.1. The Bertz CT molecular complexity index is 533. The van der Waals surface area contributed by atoms with Crippen molar-refractivity contribution < 1.29 is 4.79 Å². The van der Waals surface area contributed by atoms with Crippen molar-refractivity contribution in [2.24, 2.45) is 23.2 Å². The lowest BCUT2D eigenvalue weighted by Crippen LogP contribution is -2.48. The van der Waals surface area contributed by atoms with E-state index in [1.165, 1.54) is 44.1 Å². The van der Waals surface area contributed by atoms with Crippen molar-refractivity contribution in [2.75, 3.05) is 0 Å². The third-order valence-electron chi connectivity index (χ3n) is 6.40. The largest absolute Gasteiger partial charge is 0.353 e. The average molecular weight is 312 g/mol. The molecule has 4 aliphatic rings. The van der Waals surface area contributed by atoms with Crippen molar-refractivity contribution in [1.82, 2.24) is 10.3 Å². The van der Waals surface area contributed by atoms with Crippen LogP contribution in [0, 0.1) is 23.2 Å². The quantitative estimate of drug-likeness (QED) is 0.900. The van der Waals surface area contributed by atoms with Crippen molar-refractivity contribution in [2.45, 2.75) is 64.3 Å². The lowest BCUT2D eigenvalue weighted by atomic mass is 9.49. The van der Waals surface area contributed by atoms with Crippen LogP contribution in [0.3, 0.4) is 0 Å². The van der Waals surface area contributed by atoms with Crippen LogP contribution < -0.4 is 5.32 Å². The standard InChI is InChI=1S/C20H28N2O/c1-14(6-15-2-4-21-5-3-15)22-19(23)13-20-10-16-7-17(11-20)9-18(8-16)12-20/h2-5,14,16-18H,6-13H2,1H3,(H,22,23)/t14-,16?,17?,18?,20?/m1/s1. The van der Waals surface area contributed by atoms with Crippen molar-refractivity contribution in [3.63, 3.8) is 0 Å². The molecule has 124 valence electrons. The number of nitrogens with one attached hydrogen (secondary N) is 1. The molecule has 5 rings (SSSR count). The molecule has 0 saturated heterocycles. The van der Waals surface area contributed by atoms with E-state index in [9.17, 15) is 4.79 Å². The van der Waals surface area contributed by atoms with Crippen LogP contribution in [0.5, 0.6) is 0 Å². The van der Waals surface area contributed by atoms with Crippen LogP contribution >= 0.6 is 0 Å². The maximum Gasteiger partial charge on any atom is 0.220 e. The van der Waals surface area contributed by atoms with Gasteiger partial charge in [-0.3, -0.25) is 9.78 Å². The highest BCUT2D eigenvalue weighted by Gasteiger charge is 2.51. The Balaban J connectivity index is 1.33. The molecule has 4 aliphatic carbocycles. The maximum atomic E-state index is 12.6. The number of aromatic nitrogens is 1. The second kappa shape index (κ2) is 5.92. The molecule has 4 fully saturated rings. The molecule has 0 radical (unpaired) electrons. The van der Waals surface area contributed by atoms with Gasteiger partial charge in [-0.1, -0.05) is 0 Å². The minimum absolute atomic E-state index is 0.193. The number of carbonyl (C=O) groups is 1. The summed E-state index contributed by atoms with van der Waals surface area (Å²) in [5.74, 6) is 3.03. The predicted octanol–water partition coefficient (Wildman–Crippen LogP) is 3.74. The van der Waals surface area contributed by atoms with Crippen LogP contribution in [-0.4, -0.2) is 16.9 Å². The van der Waals surface area contributed by atoms with Gasteiger partial charge in [0.2, 0.25) is 5.91 Å². The number of nitrogens with zero attached hydrogens (tertiary/aromatic N) is 1. The SMILES string of the molecule is C[C@H](Cc1ccncc1)NC(=O)CC12CC3CC(CC(C3)C1)C2. The molecule has 1 aromatic rings. The lowest BCUT2D eigenvalue weighted by molar-refractivity contribution is -0.130. The number of pyridine rings is 1. The van der Waals surface area contributed by atoms with E-state index in [0.29, 0.717) is 5.41 Å². The van der Waals surface area contributed by atoms with Gasteiger partial charge < -0.3 is 5.32 Å². The molecule has 1 heterocycles. The van der Waals surface area contributed by atoms with Crippen LogP contribution in [0.1, 0.15) is 57.4 Å². The van der Waals surface area contributed by atoms with Gasteiger partial charge in [-0.2, -0.15) is 0 Å². The first-order chi connectivity index (χ1) is 11.1. The van der Waals surface area contributed by atoms with Gasteiger partial charge in [0.1, 0.15) is 0 Å². The zero-order valence-electron chi connectivity index (χ0n) is 14.1. The highest BCUT2D eigenvalue weighted by molar-refractivity contribution is 5.77. The number of amides is 1. The van der Waals surface area contributed by atoms with E-state index in [-0.39, 0.29) is 11.9 Å². The first kappa shape index (κ1) is 15.2. The predicted molar refractivity (Wildman–Crippen MR) is 90.8 cm³/mol. The molecule has 1 atom stereocenters. The first-order valence-electron chi connectivity index (χ1n) is 9.28. The van der Waals surface area contributed by atoms with Gasteiger partial charge in [0.25, 0.3) is 0 Å². The molecule has 1 N–H and O–H groups in total. The Hall–Kier alpha value is -1.38. The fourth-order valence-electron chi connectivity index (χ4n) is 6.10. The van der Waals surface area contributed by atoms with Gasteiger partial charge >= 0.3 is 0 Å². The summed E-state index contributed by atoms with van der Waals surface area (Å²) in [6.07, 6.45) is 13.5. The number of hydrogen-bond acceptors (Lipinski definition) is 2. The number of rotatable bonds is 5. The maximum absolute atomic E-state index is 12.6. The summed E-state index contributed by atoms with van der Waals surface area (Å²) in [7, 11) is 0. The molecule has 0 aromatic carbocycles. The van der Waals surface area contributed by atoms with Gasteiger partial charge in [0.15, 0.2) is 0 Å². The average Bonchev–Trinajstić information content (AvgIpc) is 2.45. The summed E-state index contributed by atoms with van der Waals surface area (Å²) in [4.78, 5) is 16.7. The highest BCUT2D eigenvalue weighted by Crippen LogP contribution is 2.61. The van der Waals surface area contributed by atoms with Crippen LogP contribution in [0.15, 0.2) is 24.5 Å². The van der Waals surface area contributed by atoms with E-state index in [2.05, 4.69) is 17.2 Å². The molecule has 23 heavy (non-hydrogen) atoms. The third kappa shape index (κ3) is 3.29. The van der Waals surface area contributed by atoms with E-state index in [0.717, 1.165) is 30.6 Å². The minimum atomic E-state index is 0.193. The summed E-state index contributed by atoms with van der Waals surface area (Å²) >= 11 is 0. The second-order valence-electron chi connectivity index (χ2n) is 8.62.